The lowest BCUT2D eigenvalue weighted by Gasteiger charge is -2.26. The Morgan fingerprint density at radius 1 is 0.861 bits per heavy atom. The molecule has 1 N–H and O–H groups in total. The minimum atomic E-state index is -0.766. The SMILES string of the molecule is CCc1ccc(N2C(=O)NC(=O)C(=Cc3ccc(OCCOc4ccc(C)cc4C)cc3)C2=O)cc1. The fourth-order valence-electron chi connectivity index (χ4n) is 3.87. The van der Waals surface area contributed by atoms with Crippen LogP contribution in [0.2, 0.25) is 0 Å². The number of carbonyl (C=O) groups excluding carboxylic acids is 3. The van der Waals surface area contributed by atoms with E-state index in [4.69, 9.17) is 9.47 Å². The zero-order valence-corrected chi connectivity index (χ0v) is 20.5. The van der Waals surface area contributed by atoms with Crippen molar-refractivity contribution >= 4 is 29.6 Å². The van der Waals surface area contributed by atoms with Crippen LogP contribution in [0.15, 0.2) is 72.3 Å². The Bertz CT molecular complexity index is 1310. The molecule has 7 nitrogen and oxygen atoms in total. The van der Waals surface area contributed by atoms with Gasteiger partial charge in [0, 0.05) is 0 Å². The fourth-order valence-corrected chi connectivity index (χ4v) is 3.87. The third kappa shape index (κ3) is 5.63. The van der Waals surface area contributed by atoms with E-state index in [1.165, 1.54) is 11.6 Å². The van der Waals surface area contributed by atoms with Crippen LogP contribution in [0, 0.1) is 13.8 Å². The van der Waals surface area contributed by atoms with Gasteiger partial charge in [-0.1, -0.05) is 48.9 Å². The van der Waals surface area contributed by atoms with Crippen LogP contribution in [0.3, 0.4) is 0 Å². The van der Waals surface area contributed by atoms with Gasteiger partial charge in [0.2, 0.25) is 0 Å². The second-order valence-corrected chi connectivity index (χ2v) is 8.51. The van der Waals surface area contributed by atoms with Gasteiger partial charge in [-0.05, 0) is 73.4 Å². The van der Waals surface area contributed by atoms with Crippen molar-refractivity contribution in [1.29, 1.82) is 0 Å². The Labute approximate surface area is 210 Å². The highest BCUT2D eigenvalue weighted by Gasteiger charge is 2.36. The van der Waals surface area contributed by atoms with Gasteiger partial charge in [0.25, 0.3) is 11.8 Å². The number of nitrogens with zero attached hydrogens (tertiary/aromatic N) is 1. The molecule has 0 aromatic heterocycles. The van der Waals surface area contributed by atoms with E-state index < -0.39 is 17.8 Å². The molecule has 1 aliphatic rings. The normalized spacial score (nSPS) is 14.7. The summed E-state index contributed by atoms with van der Waals surface area (Å²) in [5.41, 5.74) is 4.25. The van der Waals surface area contributed by atoms with Crippen molar-refractivity contribution in [3.05, 3.63) is 94.6 Å². The van der Waals surface area contributed by atoms with E-state index in [0.717, 1.165) is 28.2 Å². The van der Waals surface area contributed by atoms with Crippen molar-refractivity contribution in [2.75, 3.05) is 18.1 Å². The maximum atomic E-state index is 13.0. The molecule has 4 rings (SSSR count). The molecule has 4 amide bonds. The van der Waals surface area contributed by atoms with E-state index in [0.29, 0.717) is 30.2 Å². The van der Waals surface area contributed by atoms with Crippen LogP contribution in [0.4, 0.5) is 10.5 Å². The Balaban J connectivity index is 1.40. The lowest BCUT2D eigenvalue weighted by Crippen LogP contribution is -2.54. The van der Waals surface area contributed by atoms with Gasteiger partial charge in [0.05, 0.1) is 5.69 Å². The summed E-state index contributed by atoms with van der Waals surface area (Å²) in [4.78, 5) is 38.8. The predicted octanol–water partition coefficient (Wildman–Crippen LogP) is 4.99. The van der Waals surface area contributed by atoms with Crippen LogP contribution in [0.5, 0.6) is 11.5 Å². The molecule has 0 bridgehead atoms. The molecule has 0 radical (unpaired) electrons. The van der Waals surface area contributed by atoms with Gasteiger partial charge >= 0.3 is 6.03 Å². The third-order valence-electron chi connectivity index (χ3n) is 5.84. The Morgan fingerprint density at radius 2 is 1.56 bits per heavy atom. The fraction of sp³-hybridized carbons (Fsp3) is 0.207. The quantitative estimate of drug-likeness (QED) is 0.277. The van der Waals surface area contributed by atoms with Gasteiger partial charge in [-0.3, -0.25) is 14.9 Å². The molecule has 0 atom stereocenters. The molecule has 3 aromatic carbocycles. The van der Waals surface area contributed by atoms with Crippen molar-refractivity contribution in [2.24, 2.45) is 0 Å². The number of anilines is 1. The number of imide groups is 2. The monoisotopic (exact) mass is 484 g/mol. The summed E-state index contributed by atoms with van der Waals surface area (Å²) in [5.74, 6) is 0.0659. The number of barbiturate groups is 1. The minimum absolute atomic E-state index is 0.121. The van der Waals surface area contributed by atoms with Crippen LogP contribution in [-0.2, 0) is 16.0 Å². The molecule has 3 aromatic rings. The molecule has 1 fully saturated rings. The van der Waals surface area contributed by atoms with Gasteiger partial charge in [0.1, 0.15) is 30.3 Å². The van der Waals surface area contributed by atoms with E-state index in [1.807, 2.05) is 45.0 Å². The van der Waals surface area contributed by atoms with Crippen LogP contribution in [-0.4, -0.2) is 31.1 Å². The lowest BCUT2D eigenvalue weighted by molar-refractivity contribution is -0.122. The number of nitrogens with one attached hydrogen (secondary N) is 1. The molecule has 7 heteroatoms. The molecule has 0 saturated carbocycles. The number of hydrogen-bond donors (Lipinski definition) is 1. The van der Waals surface area contributed by atoms with E-state index in [1.54, 1.807) is 36.4 Å². The van der Waals surface area contributed by atoms with Crippen molar-refractivity contribution in [3.8, 4) is 11.5 Å². The van der Waals surface area contributed by atoms with Crippen LogP contribution in [0.1, 0.15) is 29.2 Å². The molecule has 36 heavy (non-hydrogen) atoms. The highest BCUT2D eigenvalue weighted by Crippen LogP contribution is 2.23. The molecular weight excluding hydrogens is 456 g/mol. The predicted molar refractivity (Wildman–Crippen MR) is 138 cm³/mol. The second-order valence-electron chi connectivity index (χ2n) is 8.51. The summed E-state index contributed by atoms with van der Waals surface area (Å²) in [6.07, 6.45) is 2.30. The van der Waals surface area contributed by atoms with E-state index in [2.05, 4.69) is 11.4 Å². The van der Waals surface area contributed by atoms with Crippen LogP contribution in [0.25, 0.3) is 6.08 Å². The molecular formula is C29H28N2O5. The minimum Gasteiger partial charge on any atom is -0.490 e. The first-order valence-electron chi connectivity index (χ1n) is 11.8. The number of hydrogen-bond acceptors (Lipinski definition) is 5. The summed E-state index contributed by atoms with van der Waals surface area (Å²) in [6.45, 7) is 6.82. The maximum absolute atomic E-state index is 13.0. The first-order valence-corrected chi connectivity index (χ1v) is 11.8. The van der Waals surface area contributed by atoms with Gasteiger partial charge in [-0.15, -0.1) is 0 Å². The summed E-state index contributed by atoms with van der Waals surface area (Å²) in [5, 5.41) is 2.24. The van der Waals surface area contributed by atoms with Crippen molar-refractivity contribution < 1.29 is 23.9 Å². The summed E-state index contributed by atoms with van der Waals surface area (Å²) >= 11 is 0. The molecule has 1 aliphatic heterocycles. The maximum Gasteiger partial charge on any atom is 0.335 e. The zero-order valence-electron chi connectivity index (χ0n) is 20.5. The van der Waals surface area contributed by atoms with Crippen molar-refractivity contribution in [1.82, 2.24) is 5.32 Å². The molecule has 0 spiro atoms. The van der Waals surface area contributed by atoms with Crippen LogP contribution >= 0.6 is 0 Å². The van der Waals surface area contributed by atoms with Gasteiger partial charge in [-0.25, -0.2) is 9.69 Å². The summed E-state index contributed by atoms with van der Waals surface area (Å²) in [7, 11) is 0. The number of ether oxygens (including phenoxy) is 2. The van der Waals surface area contributed by atoms with Gasteiger partial charge in [0.15, 0.2) is 0 Å². The van der Waals surface area contributed by atoms with E-state index >= 15 is 0 Å². The second kappa shape index (κ2) is 10.9. The number of benzene rings is 3. The van der Waals surface area contributed by atoms with E-state index in [-0.39, 0.29) is 5.57 Å². The molecule has 1 saturated heterocycles. The molecule has 0 aliphatic carbocycles. The first-order chi connectivity index (χ1) is 17.4. The average Bonchev–Trinajstić information content (AvgIpc) is 2.86. The topological polar surface area (TPSA) is 84.9 Å². The first kappa shape index (κ1) is 24.7. The standard InChI is InChI=1S/C29H28N2O5/c1-4-21-6-10-23(11-7-21)31-28(33)25(27(32)30-29(31)34)18-22-8-12-24(13-9-22)35-15-16-36-26-14-5-19(2)17-20(26)3/h5-14,17-18H,4,15-16H2,1-3H3,(H,30,32,34). The number of rotatable bonds is 8. The summed E-state index contributed by atoms with van der Waals surface area (Å²) < 4.78 is 11.5. The van der Waals surface area contributed by atoms with Gasteiger partial charge < -0.3 is 9.47 Å². The Hall–Kier alpha value is -4.39. The Morgan fingerprint density at radius 3 is 2.22 bits per heavy atom. The largest absolute Gasteiger partial charge is 0.490 e. The lowest BCUT2D eigenvalue weighted by atomic mass is 10.1. The zero-order chi connectivity index (χ0) is 25.7. The molecule has 184 valence electrons. The number of amides is 4. The van der Waals surface area contributed by atoms with Crippen LogP contribution < -0.4 is 19.7 Å². The number of urea groups is 1. The number of carbonyl (C=O) groups is 3. The van der Waals surface area contributed by atoms with Crippen molar-refractivity contribution in [2.45, 2.75) is 27.2 Å². The van der Waals surface area contributed by atoms with Gasteiger partial charge in [-0.2, -0.15) is 0 Å². The smallest absolute Gasteiger partial charge is 0.335 e. The van der Waals surface area contributed by atoms with E-state index in [9.17, 15) is 14.4 Å². The molecule has 0 unspecified atom stereocenters. The highest BCUT2D eigenvalue weighted by atomic mass is 16.5. The Kier molecular flexibility index (Phi) is 7.49. The molecule has 1 heterocycles. The third-order valence-corrected chi connectivity index (χ3v) is 5.84. The average molecular weight is 485 g/mol. The highest BCUT2D eigenvalue weighted by molar-refractivity contribution is 6.39. The number of aryl methyl sites for hydroxylation is 3. The van der Waals surface area contributed by atoms with Crippen molar-refractivity contribution in [3.63, 3.8) is 0 Å². The summed E-state index contributed by atoms with van der Waals surface area (Å²) in [6, 6.07) is 19.3.